The Bertz CT molecular complexity index is 1540. The van der Waals surface area contributed by atoms with Crippen LogP contribution in [0.1, 0.15) is 52.0 Å². The number of fused-ring (bicyclic) bond motifs is 1. The van der Waals surface area contributed by atoms with Gasteiger partial charge < -0.3 is 52.7 Å². The van der Waals surface area contributed by atoms with Crippen molar-refractivity contribution in [3.63, 3.8) is 0 Å². The summed E-state index contributed by atoms with van der Waals surface area (Å²) >= 11 is 0. The molecule has 3 aliphatic rings. The minimum absolute atomic E-state index is 0.0284. The Labute approximate surface area is 300 Å². The standard InChI is InChI=1S/C36H43NO15/c1-19(38)37-28-31(52-36-33(48-23(5)42)32(47-22(4)41)30(46-21(3)40)26(50-36)17-43-20(2)39)29-27(18-45-34(51-29)25-14-10-7-11-15-25)49-35(28)44-16-24-12-8-6-9-13-24/h6-15,26-36H,16-18H2,1-5H3,(H,37,38)/t26-,27+,28+,29-,30+,31+,32+,33-,34?,35-,36+/m0/s1. The van der Waals surface area contributed by atoms with E-state index in [1.165, 1.54) is 13.8 Å². The lowest BCUT2D eigenvalue weighted by Gasteiger charge is -2.51. The molecule has 0 aromatic heterocycles. The number of carbonyl (C=O) groups excluding carboxylic acids is 5. The molecule has 1 unspecified atom stereocenters. The Hall–Kier alpha value is -4.45. The van der Waals surface area contributed by atoms with Crippen LogP contribution in [0.25, 0.3) is 0 Å². The minimum Gasteiger partial charge on any atom is -0.463 e. The van der Waals surface area contributed by atoms with Crippen molar-refractivity contribution in [3.05, 3.63) is 71.8 Å². The molecule has 3 aliphatic heterocycles. The quantitative estimate of drug-likeness (QED) is 0.247. The molecule has 0 saturated carbocycles. The summed E-state index contributed by atoms with van der Waals surface area (Å²) in [6, 6.07) is 17.4. The van der Waals surface area contributed by atoms with Crippen LogP contribution in [0.3, 0.4) is 0 Å². The monoisotopic (exact) mass is 729 g/mol. The molecule has 3 heterocycles. The van der Waals surface area contributed by atoms with Gasteiger partial charge >= 0.3 is 23.9 Å². The summed E-state index contributed by atoms with van der Waals surface area (Å²) in [4.78, 5) is 61.8. The second kappa shape index (κ2) is 17.9. The van der Waals surface area contributed by atoms with Gasteiger partial charge in [-0.2, -0.15) is 0 Å². The summed E-state index contributed by atoms with van der Waals surface area (Å²) in [5.74, 6) is -3.52. The highest BCUT2D eigenvalue weighted by Crippen LogP contribution is 2.38. The molecule has 282 valence electrons. The minimum atomic E-state index is -1.59. The Morgan fingerprint density at radius 3 is 1.92 bits per heavy atom. The maximum Gasteiger partial charge on any atom is 0.303 e. The molecule has 3 fully saturated rings. The van der Waals surface area contributed by atoms with Crippen molar-refractivity contribution < 1.29 is 71.3 Å². The smallest absolute Gasteiger partial charge is 0.303 e. The molecular weight excluding hydrogens is 686 g/mol. The number of benzene rings is 2. The van der Waals surface area contributed by atoms with Gasteiger partial charge in [0.05, 0.1) is 13.2 Å². The predicted octanol–water partition coefficient (Wildman–Crippen LogP) is 2.02. The highest BCUT2D eigenvalue weighted by Gasteiger charge is 2.57. The summed E-state index contributed by atoms with van der Waals surface area (Å²) in [5, 5.41) is 2.86. The third kappa shape index (κ3) is 10.1. The lowest BCUT2D eigenvalue weighted by molar-refractivity contribution is -0.379. The van der Waals surface area contributed by atoms with Crippen LogP contribution in [-0.2, 0) is 77.9 Å². The topological polar surface area (TPSA) is 190 Å². The molecule has 5 rings (SSSR count). The van der Waals surface area contributed by atoms with E-state index in [-0.39, 0.29) is 13.2 Å². The largest absolute Gasteiger partial charge is 0.463 e. The van der Waals surface area contributed by atoms with Crippen LogP contribution in [0.15, 0.2) is 60.7 Å². The summed E-state index contributed by atoms with van der Waals surface area (Å²) in [6.45, 7) is 5.51. The number of hydrogen-bond donors (Lipinski definition) is 1. The van der Waals surface area contributed by atoms with E-state index in [9.17, 15) is 24.0 Å². The molecule has 2 aromatic rings. The molecule has 3 saturated heterocycles. The molecule has 1 N–H and O–H groups in total. The fourth-order valence-corrected chi connectivity index (χ4v) is 6.25. The van der Waals surface area contributed by atoms with Gasteiger partial charge in [-0.25, -0.2) is 0 Å². The summed E-state index contributed by atoms with van der Waals surface area (Å²) in [5.41, 5.74) is 1.53. The SMILES string of the molecule is CC(=O)N[C@H]1[C@@H](OCc2ccccc2)O[C@@H]2COC(c3ccccc3)O[C@@H]2[C@@H]1O[C@H]1O[C@@H](COC(C)=O)[C@@H](OC(C)=O)[C@@H](OC(C)=O)[C@@H]1OC(C)=O. The second-order valence-corrected chi connectivity index (χ2v) is 12.4. The summed E-state index contributed by atoms with van der Waals surface area (Å²) < 4.78 is 60.0. The van der Waals surface area contributed by atoms with Gasteiger partial charge in [0.2, 0.25) is 5.91 Å². The highest BCUT2D eigenvalue weighted by atomic mass is 16.8. The fourth-order valence-electron chi connectivity index (χ4n) is 6.25. The van der Waals surface area contributed by atoms with Crippen LogP contribution in [0, 0.1) is 0 Å². The highest BCUT2D eigenvalue weighted by molar-refractivity contribution is 5.73. The van der Waals surface area contributed by atoms with Crippen LogP contribution in [0.4, 0.5) is 0 Å². The summed E-state index contributed by atoms with van der Waals surface area (Å²) in [7, 11) is 0. The Kier molecular flexibility index (Phi) is 13.3. The first-order chi connectivity index (χ1) is 24.9. The number of rotatable bonds is 12. The van der Waals surface area contributed by atoms with Gasteiger partial charge in [0, 0.05) is 40.2 Å². The summed E-state index contributed by atoms with van der Waals surface area (Å²) in [6.07, 6.45) is -12.2. The maximum atomic E-state index is 12.7. The van der Waals surface area contributed by atoms with E-state index in [0.29, 0.717) is 5.56 Å². The molecule has 52 heavy (non-hydrogen) atoms. The Balaban J connectivity index is 1.55. The van der Waals surface area contributed by atoms with E-state index >= 15 is 0 Å². The first-order valence-electron chi connectivity index (χ1n) is 16.8. The normalized spacial score (nSPS) is 31.3. The zero-order valence-electron chi connectivity index (χ0n) is 29.4. The molecular formula is C36H43NO15. The predicted molar refractivity (Wildman–Crippen MR) is 174 cm³/mol. The van der Waals surface area contributed by atoms with Crippen LogP contribution in [0.5, 0.6) is 0 Å². The van der Waals surface area contributed by atoms with Crippen molar-refractivity contribution in [2.45, 2.75) is 109 Å². The third-order valence-corrected chi connectivity index (χ3v) is 8.28. The molecule has 0 bridgehead atoms. The molecule has 1 amide bonds. The molecule has 11 atom stereocenters. The van der Waals surface area contributed by atoms with Crippen molar-refractivity contribution in [3.8, 4) is 0 Å². The van der Waals surface area contributed by atoms with Crippen molar-refractivity contribution >= 4 is 29.8 Å². The number of nitrogens with one attached hydrogen (secondary N) is 1. The van der Waals surface area contributed by atoms with Crippen LogP contribution < -0.4 is 5.32 Å². The lowest BCUT2D eigenvalue weighted by Crippen LogP contribution is -2.70. The molecule has 0 aliphatic carbocycles. The Morgan fingerprint density at radius 1 is 0.692 bits per heavy atom. The van der Waals surface area contributed by atoms with E-state index in [1.807, 2.05) is 60.7 Å². The fraction of sp³-hybridized carbons (Fsp3) is 0.528. The van der Waals surface area contributed by atoms with Gasteiger partial charge in [-0.05, 0) is 5.56 Å². The average Bonchev–Trinajstić information content (AvgIpc) is 3.10. The van der Waals surface area contributed by atoms with Crippen molar-refractivity contribution in [2.24, 2.45) is 0 Å². The molecule has 0 radical (unpaired) electrons. The van der Waals surface area contributed by atoms with Gasteiger partial charge in [0.1, 0.15) is 37.1 Å². The average molecular weight is 730 g/mol. The number of amides is 1. The van der Waals surface area contributed by atoms with Gasteiger partial charge in [-0.1, -0.05) is 60.7 Å². The van der Waals surface area contributed by atoms with E-state index in [0.717, 1.165) is 26.3 Å². The molecule has 0 spiro atoms. The van der Waals surface area contributed by atoms with Crippen LogP contribution in [-0.4, -0.2) is 104 Å². The lowest BCUT2D eigenvalue weighted by atomic mass is 9.94. The molecule has 16 heteroatoms. The van der Waals surface area contributed by atoms with Crippen molar-refractivity contribution in [1.82, 2.24) is 5.32 Å². The van der Waals surface area contributed by atoms with Crippen molar-refractivity contribution in [1.29, 1.82) is 0 Å². The zero-order valence-corrected chi connectivity index (χ0v) is 29.4. The number of esters is 4. The van der Waals surface area contributed by atoms with Gasteiger partial charge in [-0.15, -0.1) is 0 Å². The maximum absolute atomic E-state index is 12.7. The Morgan fingerprint density at radius 2 is 1.31 bits per heavy atom. The molecule has 2 aromatic carbocycles. The van der Waals surface area contributed by atoms with Crippen LogP contribution >= 0.6 is 0 Å². The molecule has 16 nitrogen and oxygen atoms in total. The van der Waals surface area contributed by atoms with E-state index in [2.05, 4.69) is 5.32 Å². The van der Waals surface area contributed by atoms with Crippen LogP contribution in [0.2, 0.25) is 0 Å². The number of hydrogen-bond acceptors (Lipinski definition) is 15. The first-order valence-corrected chi connectivity index (χ1v) is 16.8. The number of ether oxygens (including phenoxy) is 10. The van der Waals surface area contributed by atoms with Crippen molar-refractivity contribution in [2.75, 3.05) is 13.2 Å². The second-order valence-electron chi connectivity index (χ2n) is 12.4. The number of carbonyl (C=O) groups is 5. The van der Waals surface area contributed by atoms with E-state index in [1.54, 1.807) is 0 Å². The third-order valence-electron chi connectivity index (χ3n) is 8.28. The first kappa shape index (κ1) is 38.8. The van der Waals surface area contributed by atoms with E-state index in [4.69, 9.17) is 47.4 Å². The van der Waals surface area contributed by atoms with E-state index < -0.39 is 104 Å². The van der Waals surface area contributed by atoms with Gasteiger partial charge in [-0.3, -0.25) is 24.0 Å². The van der Waals surface area contributed by atoms with Gasteiger partial charge in [0.15, 0.2) is 37.2 Å². The zero-order chi connectivity index (χ0) is 37.4. The van der Waals surface area contributed by atoms with Gasteiger partial charge in [0.25, 0.3) is 0 Å².